The molecule has 0 aliphatic carbocycles. The molecule has 2 aromatic rings. The quantitative estimate of drug-likeness (QED) is 0.926. The minimum absolute atomic E-state index is 0.264. The minimum Gasteiger partial charge on any atom is -0.385 e. The largest absolute Gasteiger partial charge is 0.385 e. The van der Waals surface area contributed by atoms with Crippen molar-refractivity contribution in [3.8, 4) is 0 Å². The van der Waals surface area contributed by atoms with E-state index in [1.165, 1.54) is 4.31 Å². The van der Waals surface area contributed by atoms with E-state index in [9.17, 15) is 13.5 Å². The number of fused-ring (bicyclic) bond motifs is 1. The smallest absolute Gasteiger partial charge is 0.264 e. The van der Waals surface area contributed by atoms with E-state index in [4.69, 9.17) is 0 Å². The van der Waals surface area contributed by atoms with E-state index < -0.39 is 15.6 Å². The molecule has 0 fully saturated rings. The Balaban J connectivity index is 2.13. The maximum atomic E-state index is 13.0. The van der Waals surface area contributed by atoms with E-state index in [0.29, 0.717) is 17.7 Å². The Morgan fingerprint density at radius 2 is 1.86 bits per heavy atom. The first-order valence-electron chi connectivity index (χ1n) is 7.24. The van der Waals surface area contributed by atoms with Crippen molar-refractivity contribution in [1.82, 2.24) is 0 Å². The lowest BCUT2D eigenvalue weighted by atomic mass is 9.88. The van der Waals surface area contributed by atoms with Crippen LogP contribution in [-0.4, -0.2) is 20.1 Å². The first kappa shape index (κ1) is 15.1. The highest BCUT2D eigenvalue weighted by Gasteiger charge is 2.37. The normalized spacial score (nSPS) is 21.5. The van der Waals surface area contributed by atoms with Crippen LogP contribution in [0.4, 0.5) is 5.69 Å². The molecule has 1 aliphatic rings. The van der Waals surface area contributed by atoms with Gasteiger partial charge in [0.15, 0.2) is 0 Å². The van der Waals surface area contributed by atoms with E-state index in [1.807, 2.05) is 19.1 Å². The summed E-state index contributed by atoms with van der Waals surface area (Å²) in [5.41, 5.74) is 1.10. The number of rotatable bonds is 2. The van der Waals surface area contributed by atoms with E-state index >= 15 is 0 Å². The van der Waals surface area contributed by atoms with Gasteiger partial charge in [0, 0.05) is 12.1 Å². The maximum Gasteiger partial charge on any atom is 0.264 e. The lowest BCUT2D eigenvalue weighted by Gasteiger charge is -2.38. The zero-order chi connectivity index (χ0) is 16.0. The molecule has 1 N–H and O–H groups in total. The highest BCUT2D eigenvalue weighted by molar-refractivity contribution is 7.92. The summed E-state index contributed by atoms with van der Waals surface area (Å²) in [6.45, 7) is 3.86. The molecular weight excluding hydrogens is 298 g/mol. The highest BCUT2D eigenvalue weighted by Crippen LogP contribution is 2.40. The standard InChI is InChI=1S/C17H19NO3S/c1-13-6-5-7-14(12-13)22(20,21)18-11-10-17(2,19)15-8-3-4-9-16(15)18/h3-9,12,19H,10-11H2,1-2H3. The zero-order valence-corrected chi connectivity index (χ0v) is 13.5. The van der Waals surface area contributed by atoms with Gasteiger partial charge in [-0.25, -0.2) is 8.42 Å². The van der Waals surface area contributed by atoms with Gasteiger partial charge >= 0.3 is 0 Å². The fraction of sp³-hybridized carbons (Fsp3) is 0.294. The average molecular weight is 317 g/mol. The Morgan fingerprint density at radius 3 is 2.59 bits per heavy atom. The summed E-state index contributed by atoms with van der Waals surface area (Å²) in [6, 6.07) is 14.0. The Morgan fingerprint density at radius 1 is 1.14 bits per heavy atom. The summed E-state index contributed by atoms with van der Waals surface area (Å²) in [6.07, 6.45) is 0.370. The maximum absolute atomic E-state index is 13.0. The summed E-state index contributed by atoms with van der Waals surface area (Å²) >= 11 is 0. The van der Waals surface area contributed by atoms with E-state index in [-0.39, 0.29) is 11.4 Å². The number of anilines is 1. The van der Waals surface area contributed by atoms with Gasteiger partial charge in [-0.2, -0.15) is 0 Å². The SMILES string of the molecule is Cc1cccc(S(=O)(=O)N2CCC(C)(O)c3ccccc32)c1. The van der Waals surface area contributed by atoms with Crippen LogP contribution in [0.3, 0.4) is 0 Å². The van der Waals surface area contributed by atoms with E-state index in [0.717, 1.165) is 5.56 Å². The second kappa shape index (κ2) is 5.11. The van der Waals surface area contributed by atoms with Crippen LogP contribution in [0.5, 0.6) is 0 Å². The van der Waals surface area contributed by atoms with Crippen molar-refractivity contribution >= 4 is 15.7 Å². The van der Waals surface area contributed by atoms with Gasteiger partial charge in [0.05, 0.1) is 16.2 Å². The summed E-state index contributed by atoms with van der Waals surface area (Å²) in [4.78, 5) is 0.281. The van der Waals surface area contributed by atoms with Crippen LogP contribution < -0.4 is 4.31 Å². The summed E-state index contributed by atoms with van der Waals surface area (Å²) < 4.78 is 27.3. The number of nitrogens with zero attached hydrogens (tertiary/aromatic N) is 1. The van der Waals surface area contributed by atoms with E-state index in [2.05, 4.69) is 0 Å². The number of hydrogen-bond acceptors (Lipinski definition) is 3. The molecule has 0 bridgehead atoms. The van der Waals surface area contributed by atoms with Crippen molar-refractivity contribution in [2.24, 2.45) is 0 Å². The van der Waals surface area contributed by atoms with Gasteiger partial charge in [0.25, 0.3) is 10.0 Å². The molecule has 1 heterocycles. The van der Waals surface area contributed by atoms with Crippen LogP contribution in [-0.2, 0) is 15.6 Å². The summed E-state index contributed by atoms with van der Waals surface area (Å²) in [5, 5.41) is 10.5. The Hall–Kier alpha value is -1.85. The molecule has 0 saturated heterocycles. The molecule has 22 heavy (non-hydrogen) atoms. The van der Waals surface area contributed by atoms with Gasteiger partial charge in [-0.3, -0.25) is 4.31 Å². The van der Waals surface area contributed by atoms with Gasteiger partial charge in [-0.05, 0) is 44.0 Å². The number of aliphatic hydroxyl groups is 1. The second-order valence-electron chi connectivity index (χ2n) is 5.93. The molecule has 0 aromatic heterocycles. The third-order valence-electron chi connectivity index (χ3n) is 4.13. The fourth-order valence-corrected chi connectivity index (χ4v) is 4.46. The Kier molecular flexibility index (Phi) is 3.50. The van der Waals surface area contributed by atoms with Crippen LogP contribution >= 0.6 is 0 Å². The zero-order valence-electron chi connectivity index (χ0n) is 12.7. The van der Waals surface area contributed by atoms with Gasteiger partial charge in [0.1, 0.15) is 0 Å². The molecule has 0 radical (unpaired) electrons. The predicted molar refractivity (Wildman–Crippen MR) is 86.3 cm³/mol. The first-order valence-corrected chi connectivity index (χ1v) is 8.68. The van der Waals surface area contributed by atoms with Crippen LogP contribution in [0, 0.1) is 6.92 Å². The van der Waals surface area contributed by atoms with Gasteiger partial charge in [-0.1, -0.05) is 30.3 Å². The van der Waals surface area contributed by atoms with Crippen molar-refractivity contribution in [3.63, 3.8) is 0 Å². The molecule has 1 unspecified atom stereocenters. The molecule has 5 heteroatoms. The topological polar surface area (TPSA) is 57.6 Å². The average Bonchev–Trinajstić information content (AvgIpc) is 2.47. The van der Waals surface area contributed by atoms with Gasteiger partial charge < -0.3 is 5.11 Å². The molecule has 1 aliphatic heterocycles. The summed E-state index contributed by atoms with van der Waals surface area (Å²) in [5.74, 6) is 0. The molecule has 1 atom stereocenters. The van der Waals surface area contributed by atoms with Crippen LogP contribution in [0.25, 0.3) is 0 Å². The molecule has 3 rings (SSSR count). The van der Waals surface area contributed by atoms with Gasteiger partial charge in [0.2, 0.25) is 0 Å². The lowest BCUT2D eigenvalue weighted by Crippen LogP contribution is -2.42. The third-order valence-corrected chi connectivity index (χ3v) is 5.94. The second-order valence-corrected chi connectivity index (χ2v) is 7.80. The minimum atomic E-state index is -3.63. The highest BCUT2D eigenvalue weighted by atomic mass is 32.2. The molecule has 0 amide bonds. The van der Waals surface area contributed by atoms with Crippen molar-refractivity contribution in [3.05, 3.63) is 59.7 Å². The van der Waals surface area contributed by atoms with E-state index in [1.54, 1.807) is 43.3 Å². The van der Waals surface area contributed by atoms with Crippen molar-refractivity contribution in [1.29, 1.82) is 0 Å². The third kappa shape index (κ3) is 2.40. The number of hydrogen-bond donors (Lipinski definition) is 1. The lowest BCUT2D eigenvalue weighted by molar-refractivity contribution is 0.0472. The molecule has 2 aromatic carbocycles. The predicted octanol–water partition coefficient (Wildman–Crippen LogP) is 2.80. The van der Waals surface area contributed by atoms with Crippen molar-refractivity contribution < 1.29 is 13.5 Å². The number of aryl methyl sites for hydroxylation is 1. The summed E-state index contributed by atoms with van der Waals surface area (Å²) in [7, 11) is -3.63. The van der Waals surface area contributed by atoms with Crippen LogP contribution in [0.2, 0.25) is 0 Å². The first-order chi connectivity index (χ1) is 10.3. The molecule has 0 saturated carbocycles. The molecule has 0 spiro atoms. The van der Waals surface area contributed by atoms with Crippen LogP contribution in [0.1, 0.15) is 24.5 Å². The van der Waals surface area contributed by atoms with Crippen molar-refractivity contribution in [2.75, 3.05) is 10.8 Å². The monoisotopic (exact) mass is 317 g/mol. The molecule has 116 valence electrons. The Labute approximate surface area is 131 Å². The number of sulfonamides is 1. The van der Waals surface area contributed by atoms with Gasteiger partial charge in [-0.15, -0.1) is 0 Å². The molecular formula is C17H19NO3S. The van der Waals surface area contributed by atoms with Crippen molar-refractivity contribution in [2.45, 2.75) is 30.8 Å². The Bertz CT molecular complexity index is 812. The molecule has 4 nitrogen and oxygen atoms in total. The van der Waals surface area contributed by atoms with Crippen LogP contribution in [0.15, 0.2) is 53.4 Å². The number of para-hydroxylation sites is 1. The number of benzene rings is 2. The fourth-order valence-electron chi connectivity index (χ4n) is 2.87.